The van der Waals surface area contributed by atoms with Gasteiger partial charge in [-0.1, -0.05) is 42.5 Å². The van der Waals surface area contributed by atoms with Gasteiger partial charge in [0.25, 0.3) is 10.1 Å². The SMILES string of the molecule is Nc1c(S(=O)(=O)O)cc(Nc2ccc(Nc3ccccc3)c(C(=O)O)c2)c2c1C(=O)c1ccccc1C2=O.[H-].[Na+]. The standard InChI is InChI=1S/C27H19N3O7S.Na.H/c28-24-21(38(35,36)37)13-20(22-23(24)26(32)17-9-5-4-8-16(17)25(22)31)30-15-10-11-19(18(12-15)27(33)34)29-14-6-2-1-3-7-14;;/h1-13,29-30H,28H2,(H,33,34)(H,35,36,37);;/q;+1;-1. The Labute approximate surface area is 246 Å². The molecule has 0 saturated carbocycles. The predicted molar refractivity (Wildman–Crippen MR) is 141 cm³/mol. The Morgan fingerprint density at radius 1 is 0.769 bits per heavy atom. The van der Waals surface area contributed by atoms with Gasteiger partial charge in [0.1, 0.15) is 4.90 Å². The maximum Gasteiger partial charge on any atom is 1.00 e. The molecule has 39 heavy (non-hydrogen) atoms. The van der Waals surface area contributed by atoms with Crippen LogP contribution >= 0.6 is 0 Å². The van der Waals surface area contributed by atoms with Gasteiger partial charge in [0.2, 0.25) is 0 Å². The van der Waals surface area contributed by atoms with E-state index in [0.29, 0.717) is 5.69 Å². The molecule has 4 aromatic carbocycles. The number of carboxylic acids is 1. The predicted octanol–water partition coefficient (Wildman–Crippen LogP) is 1.59. The number of carbonyl (C=O) groups excluding carboxylic acids is 2. The quantitative estimate of drug-likeness (QED) is 0.118. The van der Waals surface area contributed by atoms with E-state index in [1.807, 2.05) is 6.07 Å². The zero-order chi connectivity index (χ0) is 27.2. The Morgan fingerprint density at radius 3 is 1.92 bits per heavy atom. The number of rotatable bonds is 6. The van der Waals surface area contributed by atoms with E-state index in [9.17, 15) is 32.5 Å². The van der Waals surface area contributed by atoms with E-state index in [1.165, 1.54) is 30.3 Å². The first kappa shape index (κ1) is 28.0. The molecular weight excluding hydrogens is 533 g/mol. The molecule has 0 aromatic heterocycles. The van der Waals surface area contributed by atoms with Crippen LogP contribution in [0.5, 0.6) is 0 Å². The van der Waals surface area contributed by atoms with Crippen LogP contribution in [0.3, 0.4) is 0 Å². The number of carbonyl (C=O) groups is 3. The molecule has 5 rings (SSSR count). The minimum atomic E-state index is -4.90. The van der Waals surface area contributed by atoms with E-state index >= 15 is 0 Å². The van der Waals surface area contributed by atoms with Crippen molar-refractivity contribution in [2.75, 3.05) is 16.4 Å². The van der Waals surface area contributed by atoms with Crippen LogP contribution in [-0.2, 0) is 10.1 Å². The second kappa shape index (κ2) is 10.6. The van der Waals surface area contributed by atoms with E-state index in [1.54, 1.807) is 36.4 Å². The number of fused-ring (bicyclic) bond motifs is 2. The molecule has 192 valence electrons. The topological polar surface area (TPSA) is 176 Å². The summed E-state index contributed by atoms with van der Waals surface area (Å²) >= 11 is 0. The number of benzene rings is 4. The van der Waals surface area contributed by atoms with E-state index in [-0.39, 0.29) is 75.9 Å². The molecule has 0 atom stereocenters. The molecule has 0 bridgehead atoms. The zero-order valence-electron chi connectivity index (χ0n) is 21.4. The van der Waals surface area contributed by atoms with Gasteiger partial charge in [0.15, 0.2) is 11.6 Å². The fraction of sp³-hybridized carbons (Fsp3) is 0. The van der Waals surface area contributed by atoms with Crippen LogP contribution in [0.4, 0.5) is 28.4 Å². The van der Waals surface area contributed by atoms with E-state index < -0.39 is 38.2 Å². The molecule has 1 aliphatic carbocycles. The molecule has 0 fully saturated rings. The summed E-state index contributed by atoms with van der Waals surface area (Å²) in [6.07, 6.45) is 0. The number of carboxylic acid groups (broad SMARTS) is 1. The van der Waals surface area contributed by atoms with Gasteiger partial charge in [0, 0.05) is 22.5 Å². The van der Waals surface area contributed by atoms with Gasteiger partial charge in [-0.3, -0.25) is 14.1 Å². The summed E-state index contributed by atoms with van der Waals surface area (Å²) in [6, 6.07) is 20.1. The van der Waals surface area contributed by atoms with E-state index in [2.05, 4.69) is 10.6 Å². The third-order valence-corrected chi connectivity index (χ3v) is 6.95. The van der Waals surface area contributed by atoms with Gasteiger partial charge in [-0.25, -0.2) is 4.79 Å². The Hall–Kier alpha value is -4.00. The Bertz CT molecular complexity index is 1780. The van der Waals surface area contributed by atoms with E-state index in [4.69, 9.17) is 5.73 Å². The molecule has 0 unspecified atom stereocenters. The van der Waals surface area contributed by atoms with Crippen molar-refractivity contribution in [3.05, 3.63) is 107 Å². The van der Waals surface area contributed by atoms with Crippen LogP contribution in [0.2, 0.25) is 0 Å². The number of nitrogens with one attached hydrogen (secondary N) is 2. The van der Waals surface area contributed by atoms with Crippen LogP contribution in [0.15, 0.2) is 83.8 Å². The summed E-state index contributed by atoms with van der Waals surface area (Å²) in [5, 5.41) is 15.7. The number of para-hydroxylation sites is 1. The van der Waals surface area contributed by atoms with Gasteiger partial charge in [-0.2, -0.15) is 8.42 Å². The van der Waals surface area contributed by atoms with Crippen molar-refractivity contribution in [1.82, 2.24) is 0 Å². The average molecular weight is 554 g/mol. The maximum absolute atomic E-state index is 13.4. The van der Waals surface area contributed by atoms with E-state index in [0.717, 1.165) is 6.07 Å². The van der Waals surface area contributed by atoms with Gasteiger partial charge in [-0.05, 0) is 36.4 Å². The fourth-order valence-electron chi connectivity index (χ4n) is 4.35. The molecule has 0 aliphatic heterocycles. The summed E-state index contributed by atoms with van der Waals surface area (Å²) in [5.41, 5.74) is 5.86. The summed E-state index contributed by atoms with van der Waals surface area (Å²) < 4.78 is 34.0. The van der Waals surface area contributed by atoms with Gasteiger partial charge in [0.05, 0.1) is 33.8 Å². The number of hydrogen-bond acceptors (Lipinski definition) is 8. The van der Waals surface area contributed by atoms with Crippen molar-refractivity contribution in [1.29, 1.82) is 0 Å². The molecule has 10 nitrogen and oxygen atoms in total. The molecule has 12 heteroatoms. The molecule has 0 radical (unpaired) electrons. The third kappa shape index (κ3) is 5.18. The Kier molecular flexibility index (Phi) is 7.64. The van der Waals surface area contributed by atoms with Crippen molar-refractivity contribution in [3.8, 4) is 0 Å². The van der Waals surface area contributed by atoms with Crippen LogP contribution < -0.4 is 45.9 Å². The normalized spacial score (nSPS) is 12.1. The Balaban J connectivity index is 0.00000220. The van der Waals surface area contributed by atoms with Crippen LogP contribution in [0.25, 0.3) is 0 Å². The van der Waals surface area contributed by atoms with Crippen LogP contribution in [0.1, 0.15) is 43.6 Å². The Morgan fingerprint density at radius 2 is 1.33 bits per heavy atom. The second-order valence-electron chi connectivity index (χ2n) is 8.45. The molecule has 0 saturated heterocycles. The zero-order valence-corrected chi connectivity index (χ0v) is 23.2. The smallest absolute Gasteiger partial charge is 1.00 e. The minimum Gasteiger partial charge on any atom is -1.00 e. The molecule has 6 N–H and O–H groups in total. The number of nitrogens with two attached hydrogens (primary N) is 1. The minimum absolute atomic E-state index is 0. The molecule has 0 amide bonds. The van der Waals surface area contributed by atoms with Crippen molar-refractivity contribution in [3.63, 3.8) is 0 Å². The van der Waals surface area contributed by atoms with Gasteiger partial charge in [-0.15, -0.1) is 0 Å². The molecule has 0 spiro atoms. The first-order valence-electron chi connectivity index (χ1n) is 11.1. The number of anilines is 5. The molecule has 0 heterocycles. The monoisotopic (exact) mass is 553 g/mol. The summed E-state index contributed by atoms with van der Waals surface area (Å²) in [4.78, 5) is 38.0. The van der Waals surface area contributed by atoms with Crippen LogP contribution in [0, 0.1) is 0 Å². The summed E-state index contributed by atoms with van der Waals surface area (Å²) in [6.45, 7) is 0. The van der Waals surface area contributed by atoms with Crippen LogP contribution in [-0.4, -0.2) is 35.6 Å². The molecular formula is C27H20N3NaO7S. The first-order chi connectivity index (χ1) is 18.1. The summed E-state index contributed by atoms with van der Waals surface area (Å²) in [5.74, 6) is -2.52. The van der Waals surface area contributed by atoms with Gasteiger partial charge < -0.3 is 22.9 Å². The third-order valence-electron chi connectivity index (χ3n) is 6.06. The number of aromatic carboxylic acids is 1. The van der Waals surface area contributed by atoms with Crippen molar-refractivity contribution < 1.29 is 63.4 Å². The second-order valence-corrected chi connectivity index (χ2v) is 9.84. The largest absolute Gasteiger partial charge is 1.00 e. The first-order valence-corrected chi connectivity index (χ1v) is 12.6. The van der Waals surface area contributed by atoms with Crippen molar-refractivity contribution >= 4 is 56.1 Å². The number of ketones is 2. The maximum atomic E-state index is 13.4. The van der Waals surface area contributed by atoms with Crippen molar-refractivity contribution in [2.24, 2.45) is 0 Å². The summed E-state index contributed by atoms with van der Waals surface area (Å²) in [7, 11) is -4.90. The van der Waals surface area contributed by atoms with Crippen molar-refractivity contribution in [2.45, 2.75) is 4.90 Å². The average Bonchev–Trinajstić information content (AvgIpc) is 2.88. The molecule has 4 aromatic rings. The number of nitrogen functional groups attached to an aromatic ring is 1. The number of hydrogen-bond donors (Lipinski definition) is 5. The van der Waals surface area contributed by atoms with Gasteiger partial charge >= 0.3 is 35.5 Å². The fourth-order valence-corrected chi connectivity index (χ4v) is 4.99. The molecule has 1 aliphatic rings.